The molecule has 0 aliphatic carbocycles. The zero-order valence-corrected chi connectivity index (χ0v) is 12.6. The van der Waals surface area contributed by atoms with E-state index in [9.17, 15) is 13.2 Å². The molecule has 0 unspecified atom stereocenters. The summed E-state index contributed by atoms with van der Waals surface area (Å²) in [5.74, 6) is 0.236. The second-order valence-electron chi connectivity index (χ2n) is 5.22. The Morgan fingerprint density at radius 2 is 1.84 bits per heavy atom. The fourth-order valence-corrected chi connectivity index (χ4v) is 2.82. The van der Waals surface area contributed by atoms with Crippen molar-refractivity contribution in [2.45, 2.75) is 65.2 Å². The van der Waals surface area contributed by atoms with Crippen molar-refractivity contribution in [2.24, 2.45) is 0 Å². The summed E-state index contributed by atoms with van der Waals surface area (Å²) in [7, 11) is 0. The van der Waals surface area contributed by atoms with Crippen LogP contribution in [0, 0.1) is 0 Å². The highest BCUT2D eigenvalue weighted by atomic mass is 32.1. The summed E-state index contributed by atoms with van der Waals surface area (Å²) in [6, 6.07) is 0.348. The van der Waals surface area contributed by atoms with Crippen molar-refractivity contribution < 1.29 is 13.2 Å². The number of aromatic nitrogens is 1. The zero-order chi connectivity index (χ0) is 14.6. The summed E-state index contributed by atoms with van der Waals surface area (Å²) in [5, 5.41) is 3.88. The van der Waals surface area contributed by atoms with Crippen molar-refractivity contribution in [3.8, 4) is 0 Å². The Morgan fingerprint density at radius 3 is 2.32 bits per heavy atom. The van der Waals surface area contributed by atoms with Gasteiger partial charge in [-0.05, 0) is 5.92 Å². The van der Waals surface area contributed by atoms with Crippen LogP contribution < -0.4 is 5.32 Å². The lowest BCUT2D eigenvalue weighted by molar-refractivity contribution is -0.134. The third kappa shape index (κ3) is 5.91. The number of halogens is 3. The van der Waals surface area contributed by atoms with Gasteiger partial charge in [0.1, 0.15) is 0 Å². The molecule has 0 aromatic carbocycles. The highest BCUT2D eigenvalue weighted by Gasteiger charge is 2.27. The Hall–Kier alpha value is -0.620. The van der Waals surface area contributed by atoms with Gasteiger partial charge in [-0.15, -0.1) is 11.3 Å². The Morgan fingerprint density at radius 1 is 1.21 bits per heavy atom. The van der Waals surface area contributed by atoms with Crippen LogP contribution in [0.2, 0.25) is 0 Å². The molecule has 2 nitrogen and oxygen atoms in total. The monoisotopic (exact) mass is 294 g/mol. The minimum atomic E-state index is -4.11. The van der Waals surface area contributed by atoms with Gasteiger partial charge in [0.2, 0.25) is 0 Å². The lowest BCUT2D eigenvalue weighted by Crippen LogP contribution is -2.22. The van der Waals surface area contributed by atoms with Crippen molar-refractivity contribution in [3.05, 3.63) is 15.6 Å². The van der Waals surface area contributed by atoms with Crippen LogP contribution in [0.5, 0.6) is 0 Å². The summed E-state index contributed by atoms with van der Waals surface area (Å²) in [6.45, 7) is 8.79. The van der Waals surface area contributed by atoms with E-state index in [0.717, 1.165) is 10.6 Å². The van der Waals surface area contributed by atoms with Crippen LogP contribution >= 0.6 is 11.3 Å². The molecule has 0 fully saturated rings. The minimum Gasteiger partial charge on any atom is -0.310 e. The molecule has 1 heterocycles. The van der Waals surface area contributed by atoms with Gasteiger partial charge in [0.25, 0.3) is 0 Å². The second kappa shape index (κ2) is 6.70. The summed E-state index contributed by atoms with van der Waals surface area (Å²) in [5.41, 5.74) is 0.926. The van der Waals surface area contributed by atoms with Gasteiger partial charge in [0.05, 0.1) is 10.7 Å². The molecule has 0 atom stereocenters. The fraction of sp³-hybridized carbons (Fsp3) is 0.769. The average molecular weight is 294 g/mol. The molecule has 19 heavy (non-hydrogen) atoms. The molecule has 1 aromatic rings. The molecule has 0 amide bonds. The van der Waals surface area contributed by atoms with E-state index < -0.39 is 12.6 Å². The van der Waals surface area contributed by atoms with E-state index in [1.54, 1.807) is 0 Å². The first-order valence-corrected chi connectivity index (χ1v) is 7.29. The summed E-state index contributed by atoms with van der Waals surface area (Å²) in [4.78, 5) is 5.43. The summed E-state index contributed by atoms with van der Waals surface area (Å²) < 4.78 is 36.7. The van der Waals surface area contributed by atoms with Crippen molar-refractivity contribution in [1.82, 2.24) is 10.3 Å². The number of rotatable bonds is 6. The molecule has 0 saturated carbocycles. The molecule has 0 aliphatic heterocycles. The maximum atomic E-state index is 12.2. The van der Waals surface area contributed by atoms with Crippen molar-refractivity contribution in [2.75, 3.05) is 0 Å². The Bertz CT molecular complexity index is 397. The molecule has 0 bridgehead atoms. The van der Waals surface area contributed by atoms with Gasteiger partial charge in [0.15, 0.2) is 0 Å². The van der Waals surface area contributed by atoms with E-state index >= 15 is 0 Å². The maximum absolute atomic E-state index is 12.2. The van der Waals surface area contributed by atoms with E-state index in [-0.39, 0.29) is 12.3 Å². The third-order valence-corrected chi connectivity index (χ3v) is 3.74. The van der Waals surface area contributed by atoms with Gasteiger partial charge < -0.3 is 5.32 Å². The largest absolute Gasteiger partial charge is 0.389 e. The Labute approximate surface area is 116 Å². The molecule has 0 saturated heterocycles. The highest BCUT2D eigenvalue weighted by Crippen LogP contribution is 2.28. The smallest absolute Gasteiger partial charge is 0.310 e. The SMILES string of the molecule is CC(C)NCc1sc(CCC(F)(F)F)nc1C(C)C. The molecule has 1 rings (SSSR count). The molecule has 1 aromatic heterocycles. The first-order chi connectivity index (χ1) is 8.69. The number of hydrogen-bond donors (Lipinski definition) is 1. The van der Waals surface area contributed by atoms with Crippen molar-refractivity contribution in [1.29, 1.82) is 0 Å². The molecule has 6 heteroatoms. The Kier molecular flexibility index (Phi) is 5.80. The number of aryl methyl sites for hydroxylation is 1. The predicted octanol–water partition coefficient (Wildman–Crippen LogP) is 4.26. The van der Waals surface area contributed by atoms with E-state index in [1.807, 2.05) is 27.7 Å². The summed E-state index contributed by atoms with van der Waals surface area (Å²) >= 11 is 1.40. The van der Waals surface area contributed by atoms with Crippen LogP contribution in [0.1, 0.15) is 55.6 Å². The first-order valence-electron chi connectivity index (χ1n) is 6.47. The number of alkyl halides is 3. The predicted molar refractivity (Wildman–Crippen MR) is 72.6 cm³/mol. The topological polar surface area (TPSA) is 24.9 Å². The van der Waals surface area contributed by atoms with E-state index in [4.69, 9.17) is 0 Å². The third-order valence-electron chi connectivity index (χ3n) is 2.61. The van der Waals surface area contributed by atoms with Gasteiger partial charge >= 0.3 is 6.18 Å². The molecule has 1 N–H and O–H groups in total. The molecule has 0 aliphatic rings. The van der Waals surface area contributed by atoms with Crippen LogP contribution in [-0.2, 0) is 13.0 Å². The van der Waals surface area contributed by atoms with Crippen LogP contribution in [0.25, 0.3) is 0 Å². The molecule has 110 valence electrons. The van der Waals surface area contributed by atoms with Crippen molar-refractivity contribution >= 4 is 11.3 Å². The number of thiazole rings is 1. The minimum absolute atomic E-state index is 0.0183. The maximum Gasteiger partial charge on any atom is 0.389 e. The Balaban J connectivity index is 2.76. The van der Waals surface area contributed by atoms with Crippen molar-refractivity contribution in [3.63, 3.8) is 0 Å². The molecular weight excluding hydrogens is 273 g/mol. The fourth-order valence-electron chi connectivity index (χ4n) is 1.64. The van der Waals surface area contributed by atoms with Gasteiger partial charge in [0, 0.05) is 30.3 Å². The van der Waals surface area contributed by atoms with Gasteiger partial charge in [-0.2, -0.15) is 13.2 Å². The van der Waals surface area contributed by atoms with Crippen LogP contribution in [0.3, 0.4) is 0 Å². The quantitative estimate of drug-likeness (QED) is 0.848. The number of nitrogens with zero attached hydrogens (tertiary/aromatic N) is 1. The summed E-state index contributed by atoms with van der Waals surface area (Å²) in [6.07, 6.45) is -4.93. The number of hydrogen-bond acceptors (Lipinski definition) is 3. The first kappa shape index (κ1) is 16.4. The van der Waals surface area contributed by atoms with E-state index in [0.29, 0.717) is 17.6 Å². The van der Waals surface area contributed by atoms with Crippen LogP contribution in [0.4, 0.5) is 13.2 Å². The zero-order valence-electron chi connectivity index (χ0n) is 11.8. The van der Waals surface area contributed by atoms with Crippen LogP contribution in [-0.4, -0.2) is 17.2 Å². The molecule has 0 radical (unpaired) electrons. The standard InChI is InChI=1S/C13H21F3N2S/c1-8(2)12-10(7-17-9(3)4)19-11(18-12)5-6-13(14,15)16/h8-9,17H,5-7H2,1-4H3. The van der Waals surface area contributed by atoms with E-state index in [2.05, 4.69) is 10.3 Å². The van der Waals surface area contributed by atoms with Gasteiger partial charge in [-0.25, -0.2) is 4.98 Å². The average Bonchev–Trinajstić information content (AvgIpc) is 2.66. The normalized spacial score (nSPS) is 12.7. The highest BCUT2D eigenvalue weighted by molar-refractivity contribution is 7.11. The van der Waals surface area contributed by atoms with Gasteiger partial charge in [-0.3, -0.25) is 0 Å². The lowest BCUT2D eigenvalue weighted by atomic mass is 10.1. The molecular formula is C13H21F3N2S. The number of nitrogens with one attached hydrogen (secondary N) is 1. The van der Waals surface area contributed by atoms with Gasteiger partial charge in [-0.1, -0.05) is 27.7 Å². The lowest BCUT2D eigenvalue weighted by Gasteiger charge is -2.09. The van der Waals surface area contributed by atoms with Crippen LogP contribution in [0.15, 0.2) is 0 Å². The van der Waals surface area contributed by atoms with E-state index in [1.165, 1.54) is 11.3 Å². The molecule has 0 spiro atoms. The second-order valence-corrected chi connectivity index (χ2v) is 6.39.